The first-order chi connectivity index (χ1) is 6.40. The molecular formula is C11H19N3. The maximum atomic E-state index is 5.51. The number of rotatable bonds is 5. The van der Waals surface area contributed by atoms with Crippen molar-refractivity contribution in [2.45, 2.75) is 20.3 Å². The summed E-state index contributed by atoms with van der Waals surface area (Å²) in [5.41, 5.74) is 8.92. The average molecular weight is 193 g/mol. The predicted octanol–water partition coefficient (Wildman–Crippen LogP) is 2.25. The molecule has 0 radical (unpaired) electrons. The highest BCUT2D eigenvalue weighted by Gasteiger charge is 2.06. The molecule has 0 aromatic carbocycles. The van der Waals surface area contributed by atoms with Crippen molar-refractivity contribution >= 4 is 6.72 Å². The molecule has 0 fully saturated rings. The van der Waals surface area contributed by atoms with Crippen molar-refractivity contribution in [3.63, 3.8) is 0 Å². The first-order valence-corrected chi connectivity index (χ1v) is 4.39. The smallest absolute Gasteiger partial charge is 0.0556 e. The third-order valence-corrected chi connectivity index (χ3v) is 2.17. The molecule has 0 amide bonds. The Labute approximate surface area is 86.3 Å². The highest BCUT2D eigenvalue weighted by Crippen LogP contribution is 2.16. The number of aliphatic imine (C=N–C) groups is 1. The van der Waals surface area contributed by atoms with Gasteiger partial charge in [0.25, 0.3) is 0 Å². The van der Waals surface area contributed by atoms with Gasteiger partial charge in [-0.3, -0.25) is 4.99 Å². The molecule has 0 bridgehead atoms. The predicted molar refractivity (Wildman–Crippen MR) is 62.8 cm³/mol. The third kappa shape index (κ3) is 3.47. The van der Waals surface area contributed by atoms with Crippen LogP contribution in [0.1, 0.15) is 20.3 Å². The molecule has 78 valence electrons. The average Bonchev–Trinajstić information content (AvgIpc) is 2.13. The zero-order valence-electron chi connectivity index (χ0n) is 9.30. The summed E-state index contributed by atoms with van der Waals surface area (Å²) in [7, 11) is 1.93. The van der Waals surface area contributed by atoms with E-state index in [1.807, 2.05) is 25.8 Å². The van der Waals surface area contributed by atoms with E-state index in [1.165, 1.54) is 0 Å². The van der Waals surface area contributed by atoms with Gasteiger partial charge in [0.15, 0.2) is 0 Å². The van der Waals surface area contributed by atoms with Crippen molar-refractivity contribution in [1.29, 1.82) is 0 Å². The largest absolute Gasteiger partial charge is 0.402 e. The molecule has 3 nitrogen and oxygen atoms in total. The number of nitrogens with two attached hydrogens (primary N) is 1. The minimum Gasteiger partial charge on any atom is -0.402 e. The minimum absolute atomic E-state index is 0.595. The molecule has 2 N–H and O–H groups in total. The molecule has 0 rings (SSSR count). The van der Waals surface area contributed by atoms with Gasteiger partial charge in [0, 0.05) is 30.6 Å². The molecule has 0 heterocycles. The Kier molecular flexibility index (Phi) is 4.70. The SMILES string of the molecule is C=N/C(C)=C(/C)N(C)C(=C)CC(=C)N. The summed E-state index contributed by atoms with van der Waals surface area (Å²) in [5, 5.41) is 0. The van der Waals surface area contributed by atoms with Gasteiger partial charge in [-0.15, -0.1) is 0 Å². The zero-order chi connectivity index (χ0) is 11.3. The van der Waals surface area contributed by atoms with Gasteiger partial charge in [-0.2, -0.15) is 0 Å². The summed E-state index contributed by atoms with van der Waals surface area (Å²) in [5.74, 6) is 0. The molecule has 0 aromatic rings. The highest BCUT2D eigenvalue weighted by molar-refractivity contribution is 5.30. The lowest BCUT2D eigenvalue weighted by Crippen LogP contribution is -2.17. The van der Waals surface area contributed by atoms with Crippen LogP contribution >= 0.6 is 0 Å². The van der Waals surface area contributed by atoms with Crippen molar-refractivity contribution in [2.75, 3.05) is 7.05 Å². The molecule has 0 unspecified atom stereocenters. The van der Waals surface area contributed by atoms with E-state index < -0.39 is 0 Å². The second kappa shape index (κ2) is 5.27. The van der Waals surface area contributed by atoms with E-state index in [0.29, 0.717) is 12.1 Å². The van der Waals surface area contributed by atoms with E-state index in [9.17, 15) is 0 Å². The van der Waals surface area contributed by atoms with Crippen LogP contribution in [0, 0.1) is 0 Å². The van der Waals surface area contributed by atoms with E-state index >= 15 is 0 Å². The normalized spacial score (nSPS) is 11.6. The summed E-state index contributed by atoms with van der Waals surface area (Å²) in [6.45, 7) is 14.9. The Bertz CT molecular complexity index is 287. The van der Waals surface area contributed by atoms with E-state index in [0.717, 1.165) is 17.1 Å². The first-order valence-electron chi connectivity index (χ1n) is 4.39. The van der Waals surface area contributed by atoms with Gasteiger partial charge in [0.2, 0.25) is 0 Å². The van der Waals surface area contributed by atoms with Gasteiger partial charge < -0.3 is 10.6 Å². The standard InChI is InChI=1S/C11H19N3/c1-8(12)7-9(2)14(6)11(4)10(3)13-5/h1-2,5,7,12H2,3-4,6H3/b11-10-. The summed E-state index contributed by atoms with van der Waals surface area (Å²) in [4.78, 5) is 5.81. The Morgan fingerprint density at radius 2 is 1.86 bits per heavy atom. The van der Waals surface area contributed by atoms with Crippen LogP contribution in [-0.4, -0.2) is 18.7 Å². The fourth-order valence-electron chi connectivity index (χ4n) is 0.975. The van der Waals surface area contributed by atoms with Crippen LogP contribution < -0.4 is 5.73 Å². The number of hydrogen-bond acceptors (Lipinski definition) is 3. The lowest BCUT2D eigenvalue weighted by atomic mass is 10.2. The van der Waals surface area contributed by atoms with Crippen LogP contribution in [0.2, 0.25) is 0 Å². The van der Waals surface area contributed by atoms with E-state index in [1.54, 1.807) is 0 Å². The molecule has 0 aliphatic heterocycles. The van der Waals surface area contributed by atoms with Crippen molar-refractivity contribution in [1.82, 2.24) is 4.90 Å². The van der Waals surface area contributed by atoms with Crippen LogP contribution in [0.4, 0.5) is 0 Å². The zero-order valence-corrected chi connectivity index (χ0v) is 9.30. The van der Waals surface area contributed by atoms with Gasteiger partial charge >= 0.3 is 0 Å². The summed E-state index contributed by atoms with van der Waals surface area (Å²) in [6.07, 6.45) is 0.595. The molecule has 0 saturated heterocycles. The number of allylic oxidation sites excluding steroid dienone is 2. The van der Waals surface area contributed by atoms with Gasteiger partial charge in [-0.25, -0.2) is 0 Å². The van der Waals surface area contributed by atoms with Gasteiger partial charge in [-0.05, 0) is 20.6 Å². The Balaban J connectivity index is 4.62. The van der Waals surface area contributed by atoms with Crippen LogP contribution in [-0.2, 0) is 0 Å². The Morgan fingerprint density at radius 3 is 2.21 bits per heavy atom. The monoisotopic (exact) mass is 193 g/mol. The minimum atomic E-state index is 0.595. The highest BCUT2D eigenvalue weighted by atomic mass is 15.1. The molecule has 0 atom stereocenters. The van der Waals surface area contributed by atoms with Crippen LogP contribution in [0.25, 0.3) is 0 Å². The Morgan fingerprint density at radius 1 is 1.36 bits per heavy atom. The lowest BCUT2D eigenvalue weighted by molar-refractivity contribution is 0.501. The van der Waals surface area contributed by atoms with Crippen molar-refractivity contribution in [3.8, 4) is 0 Å². The maximum absolute atomic E-state index is 5.51. The molecular weight excluding hydrogens is 174 g/mol. The third-order valence-electron chi connectivity index (χ3n) is 2.17. The fourth-order valence-corrected chi connectivity index (χ4v) is 0.975. The topological polar surface area (TPSA) is 41.6 Å². The fraction of sp³-hybridized carbons (Fsp3) is 0.364. The molecule has 14 heavy (non-hydrogen) atoms. The summed E-state index contributed by atoms with van der Waals surface area (Å²) < 4.78 is 0. The molecule has 0 saturated carbocycles. The molecule has 0 aliphatic carbocycles. The Hall–Kier alpha value is -1.51. The number of nitrogens with zero attached hydrogens (tertiary/aromatic N) is 2. The second-order valence-electron chi connectivity index (χ2n) is 3.29. The maximum Gasteiger partial charge on any atom is 0.0556 e. The molecule has 3 heteroatoms. The first kappa shape index (κ1) is 12.5. The molecule has 0 aromatic heterocycles. The van der Waals surface area contributed by atoms with E-state index in [-0.39, 0.29) is 0 Å². The van der Waals surface area contributed by atoms with E-state index in [2.05, 4.69) is 24.9 Å². The molecule has 0 aliphatic rings. The van der Waals surface area contributed by atoms with Crippen molar-refractivity contribution in [2.24, 2.45) is 10.7 Å². The summed E-state index contributed by atoms with van der Waals surface area (Å²) in [6, 6.07) is 0. The van der Waals surface area contributed by atoms with Gasteiger partial charge in [0.1, 0.15) is 0 Å². The van der Waals surface area contributed by atoms with E-state index in [4.69, 9.17) is 5.73 Å². The van der Waals surface area contributed by atoms with Gasteiger partial charge in [-0.1, -0.05) is 13.2 Å². The summed E-state index contributed by atoms with van der Waals surface area (Å²) >= 11 is 0. The molecule has 0 spiro atoms. The quantitative estimate of drug-likeness (QED) is 0.680. The number of hydrogen-bond donors (Lipinski definition) is 1. The van der Waals surface area contributed by atoms with Crippen LogP contribution in [0.5, 0.6) is 0 Å². The lowest BCUT2D eigenvalue weighted by Gasteiger charge is -2.23. The van der Waals surface area contributed by atoms with Crippen molar-refractivity contribution in [3.05, 3.63) is 35.9 Å². The van der Waals surface area contributed by atoms with Gasteiger partial charge in [0.05, 0.1) is 5.70 Å². The van der Waals surface area contributed by atoms with Crippen LogP contribution in [0.15, 0.2) is 40.9 Å². The van der Waals surface area contributed by atoms with Crippen molar-refractivity contribution < 1.29 is 0 Å². The van der Waals surface area contributed by atoms with Crippen LogP contribution in [0.3, 0.4) is 0 Å². The second-order valence-corrected chi connectivity index (χ2v) is 3.29.